The van der Waals surface area contributed by atoms with E-state index in [1.165, 1.54) is 5.56 Å². The molecule has 1 aromatic heterocycles. The fourth-order valence-corrected chi connectivity index (χ4v) is 3.77. The lowest BCUT2D eigenvalue weighted by Gasteiger charge is -2.24. The van der Waals surface area contributed by atoms with E-state index >= 15 is 0 Å². The van der Waals surface area contributed by atoms with Crippen molar-refractivity contribution in [3.63, 3.8) is 0 Å². The Labute approximate surface area is 145 Å². The van der Waals surface area contributed by atoms with Crippen LogP contribution in [0.3, 0.4) is 0 Å². The number of rotatable bonds is 3. The van der Waals surface area contributed by atoms with Gasteiger partial charge in [-0.25, -0.2) is 4.79 Å². The third-order valence-corrected chi connectivity index (χ3v) is 5.17. The zero-order valence-electron chi connectivity index (χ0n) is 13.5. The lowest BCUT2D eigenvalue weighted by molar-refractivity contribution is 0.189. The molecular formula is C17H20ClN5O. The van der Waals surface area contributed by atoms with E-state index in [2.05, 4.69) is 21.6 Å². The number of hydrogen-bond donors (Lipinski definition) is 1. The van der Waals surface area contributed by atoms with E-state index in [0.29, 0.717) is 5.92 Å². The second-order valence-electron chi connectivity index (χ2n) is 6.60. The first kappa shape index (κ1) is 15.4. The summed E-state index contributed by atoms with van der Waals surface area (Å²) in [6.07, 6.45) is 4.57. The van der Waals surface area contributed by atoms with Crippen molar-refractivity contribution in [1.82, 2.24) is 25.0 Å². The highest BCUT2D eigenvalue weighted by atomic mass is 35.5. The maximum absolute atomic E-state index is 12.7. The van der Waals surface area contributed by atoms with Crippen molar-refractivity contribution in [3.8, 4) is 0 Å². The van der Waals surface area contributed by atoms with Gasteiger partial charge in [0, 0.05) is 30.6 Å². The Hall–Kier alpha value is -2.08. The quantitative estimate of drug-likeness (QED) is 0.930. The highest BCUT2D eigenvalue weighted by molar-refractivity contribution is 6.30. The zero-order chi connectivity index (χ0) is 16.7. The summed E-state index contributed by atoms with van der Waals surface area (Å²) < 4.78 is 1.89. The van der Waals surface area contributed by atoms with Crippen LogP contribution in [0.5, 0.6) is 0 Å². The lowest BCUT2D eigenvalue weighted by Crippen LogP contribution is -2.41. The number of likely N-dealkylation sites (tertiary alicyclic amines) is 1. The third-order valence-electron chi connectivity index (χ3n) is 4.93. The van der Waals surface area contributed by atoms with Crippen LogP contribution in [0.15, 0.2) is 30.6 Å². The maximum Gasteiger partial charge on any atom is 0.318 e. The SMILES string of the molecule is Cn1cnnc1[C@H]1CCCN1C(=O)N[C@@H]1C[C@H]1c1cccc(Cl)c1. The van der Waals surface area contributed by atoms with Gasteiger partial charge in [-0.15, -0.1) is 10.2 Å². The van der Waals surface area contributed by atoms with Crippen molar-refractivity contribution in [2.45, 2.75) is 37.3 Å². The first-order valence-corrected chi connectivity index (χ1v) is 8.68. The van der Waals surface area contributed by atoms with Gasteiger partial charge in [-0.1, -0.05) is 23.7 Å². The highest BCUT2D eigenvalue weighted by Gasteiger charge is 2.42. The second kappa shape index (κ2) is 6.09. The number of carbonyl (C=O) groups is 1. The molecule has 24 heavy (non-hydrogen) atoms. The Morgan fingerprint density at radius 3 is 3.04 bits per heavy atom. The summed E-state index contributed by atoms with van der Waals surface area (Å²) in [6.45, 7) is 0.762. The molecule has 2 fully saturated rings. The molecule has 2 aromatic rings. The normalized spacial score (nSPS) is 25.8. The van der Waals surface area contributed by atoms with Gasteiger partial charge in [0.05, 0.1) is 6.04 Å². The van der Waals surface area contributed by atoms with Crippen LogP contribution in [0.2, 0.25) is 5.02 Å². The molecule has 1 saturated carbocycles. The van der Waals surface area contributed by atoms with Crippen LogP contribution < -0.4 is 5.32 Å². The van der Waals surface area contributed by atoms with E-state index in [9.17, 15) is 4.79 Å². The number of nitrogens with zero attached hydrogens (tertiary/aromatic N) is 4. The van der Waals surface area contributed by atoms with Gasteiger partial charge >= 0.3 is 6.03 Å². The summed E-state index contributed by atoms with van der Waals surface area (Å²) in [5.74, 6) is 1.22. The molecule has 1 aromatic carbocycles. The molecule has 0 unspecified atom stereocenters. The molecule has 2 aliphatic rings. The largest absolute Gasteiger partial charge is 0.335 e. The van der Waals surface area contributed by atoms with Crippen molar-refractivity contribution in [2.75, 3.05) is 6.54 Å². The molecule has 1 aliphatic heterocycles. The molecule has 1 aliphatic carbocycles. The van der Waals surface area contributed by atoms with Crippen LogP contribution in [0.1, 0.15) is 42.6 Å². The van der Waals surface area contributed by atoms with Gasteiger partial charge in [-0.3, -0.25) is 0 Å². The molecule has 0 radical (unpaired) electrons. The highest BCUT2D eigenvalue weighted by Crippen LogP contribution is 2.42. The molecular weight excluding hydrogens is 326 g/mol. The van der Waals surface area contributed by atoms with E-state index in [4.69, 9.17) is 11.6 Å². The van der Waals surface area contributed by atoms with Crippen LogP contribution in [0.25, 0.3) is 0 Å². The molecule has 7 heteroatoms. The van der Waals surface area contributed by atoms with Crippen molar-refractivity contribution in [3.05, 3.63) is 47.0 Å². The van der Waals surface area contributed by atoms with Gasteiger partial charge in [0.25, 0.3) is 0 Å². The molecule has 0 spiro atoms. The molecule has 1 saturated heterocycles. The number of hydrogen-bond acceptors (Lipinski definition) is 3. The number of benzene rings is 1. The molecule has 3 atom stereocenters. The Morgan fingerprint density at radius 2 is 2.29 bits per heavy atom. The van der Waals surface area contributed by atoms with Crippen LogP contribution in [0.4, 0.5) is 4.79 Å². The molecule has 0 bridgehead atoms. The molecule has 4 rings (SSSR count). The summed E-state index contributed by atoms with van der Waals surface area (Å²) in [5.41, 5.74) is 1.19. The second-order valence-corrected chi connectivity index (χ2v) is 7.04. The average Bonchev–Trinajstić information content (AvgIpc) is 2.95. The summed E-state index contributed by atoms with van der Waals surface area (Å²) >= 11 is 6.05. The van der Waals surface area contributed by atoms with Gasteiger partial charge in [-0.2, -0.15) is 0 Å². The van der Waals surface area contributed by atoms with E-state index in [-0.39, 0.29) is 18.1 Å². The molecule has 1 N–H and O–H groups in total. The number of nitrogens with one attached hydrogen (secondary N) is 1. The van der Waals surface area contributed by atoms with Gasteiger partial charge in [-0.05, 0) is 37.0 Å². The van der Waals surface area contributed by atoms with Crippen LogP contribution in [0, 0.1) is 0 Å². The summed E-state index contributed by atoms with van der Waals surface area (Å²) in [4.78, 5) is 14.6. The Balaban J connectivity index is 1.41. The van der Waals surface area contributed by atoms with E-state index in [1.54, 1.807) is 6.33 Å². The molecule has 126 valence electrons. The minimum atomic E-state index is -0.00460. The van der Waals surface area contributed by atoms with E-state index in [1.807, 2.05) is 34.7 Å². The first-order chi connectivity index (χ1) is 11.6. The van der Waals surface area contributed by atoms with Crippen molar-refractivity contribution in [1.29, 1.82) is 0 Å². The topological polar surface area (TPSA) is 63.1 Å². The number of halogens is 1. The number of aryl methyl sites for hydroxylation is 1. The van der Waals surface area contributed by atoms with Gasteiger partial charge in [0.1, 0.15) is 6.33 Å². The fourth-order valence-electron chi connectivity index (χ4n) is 3.57. The van der Waals surface area contributed by atoms with E-state index in [0.717, 1.165) is 36.7 Å². The predicted octanol–water partition coefficient (Wildman–Crippen LogP) is 2.87. The Morgan fingerprint density at radius 1 is 1.42 bits per heavy atom. The zero-order valence-corrected chi connectivity index (χ0v) is 14.3. The maximum atomic E-state index is 12.7. The predicted molar refractivity (Wildman–Crippen MR) is 90.8 cm³/mol. The summed E-state index contributed by atoms with van der Waals surface area (Å²) in [6, 6.07) is 8.08. The van der Waals surface area contributed by atoms with Crippen LogP contribution in [-0.4, -0.2) is 38.3 Å². The monoisotopic (exact) mass is 345 g/mol. The van der Waals surface area contributed by atoms with Crippen LogP contribution in [-0.2, 0) is 7.05 Å². The molecule has 2 heterocycles. The van der Waals surface area contributed by atoms with Crippen molar-refractivity contribution < 1.29 is 4.79 Å². The summed E-state index contributed by atoms with van der Waals surface area (Å²) in [5, 5.41) is 12.0. The summed E-state index contributed by atoms with van der Waals surface area (Å²) in [7, 11) is 1.92. The van der Waals surface area contributed by atoms with Gasteiger partial charge in [0.15, 0.2) is 5.82 Å². The molecule has 6 nitrogen and oxygen atoms in total. The standard InChI is InChI=1S/C17H20ClN5O/c1-22-10-19-21-16(22)15-6-3-7-23(15)17(24)20-14-9-13(14)11-4-2-5-12(18)8-11/h2,4-5,8,10,13-15H,3,6-7,9H2,1H3,(H,20,24)/t13-,14+,15+/m0/s1. The van der Waals surface area contributed by atoms with E-state index < -0.39 is 0 Å². The minimum absolute atomic E-state index is 0.00460. The first-order valence-electron chi connectivity index (χ1n) is 8.30. The number of aromatic nitrogens is 3. The van der Waals surface area contributed by atoms with Gasteiger partial charge in [0.2, 0.25) is 0 Å². The lowest BCUT2D eigenvalue weighted by atomic mass is 10.1. The van der Waals surface area contributed by atoms with Crippen LogP contribution >= 0.6 is 11.6 Å². The minimum Gasteiger partial charge on any atom is -0.335 e. The fraction of sp³-hybridized carbons (Fsp3) is 0.471. The van der Waals surface area contributed by atoms with Crippen molar-refractivity contribution in [2.24, 2.45) is 7.05 Å². The Kier molecular flexibility index (Phi) is 3.92. The third kappa shape index (κ3) is 2.86. The number of amides is 2. The smallest absolute Gasteiger partial charge is 0.318 e. The van der Waals surface area contributed by atoms with Crippen molar-refractivity contribution >= 4 is 17.6 Å². The Bertz CT molecular complexity index is 761. The number of carbonyl (C=O) groups excluding carboxylic acids is 1. The van der Waals surface area contributed by atoms with Gasteiger partial charge < -0.3 is 14.8 Å². The average molecular weight is 346 g/mol. The molecule has 2 amide bonds. The number of urea groups is 1.